The van der Waals surface area contributed by atoms with E-state index in [4.69, 9.17) is 9.47 Å². The number of unbranched alkanes of at least 4 members (excludes halogenated alkanes) is 28. The molecule has 1 atom stereocenters. The first-order valence-corrected chi connectivity index (χ1v) is 28.8. The van der Waals surface area contributed by atoms with Crippen molar-refractivity contribution in [3.05, 3.63) is 97.2 Å². The lowest BCUT2D eigenvalue weighted by atomic mass is 10.0. The van der Waals surface area contributed by atoms with Crippen molar-refractivity contribution < 1.29 is 24.2 Å². The third kappa shape index (κ3) is 55.4. The normalized spacial score (nSPS) is 12.9. The smallest absolute Gasteiger partial charge is 0.306 e. The topological polar surface area (TPSA) is 72.8 Å². The van der Waals surface area contributed by atoms with Gasteiger partial charge in [0.15, 0.2) is 6.10 Å². The van der Waals surface area contributed by atoms with Crippen LogP contribution in [0.15, 0.2) is 97.2 Å². The average molecular weight is 946 g/mol. The van der Waals surface area contributed by atoms with Gasteiger partial charge in [0.2, 0.25) is 0 Å². The van der Waals surface area contributed by atoms with Crippen LogP contribution in [-0.2, 0) is 19.1 Å². The largest absolute Gasteiger partial charge is 0.462 e. The second-order valence-corrected chi connectivity index (χ2v) is 19.0. The van der Waals surface area contributed by atoms with Gasteiger partial charge in [0.1, 0.15) is 6.61 Å². The zero-order chi connectivity index (χ0) is 49.2. The number of ether oxygens (including phenoxy) is 2. The van der Waals surface area contributed by atoms with E-state index in [0.29, 0.717) is 12.8 Å². The second kappa shape index (κ2) is 58.1. The maximum atomic E-state index is 12.2. The van der Waals surface area contributed by atoms with Gasteiger partial charge < -0.3 is 14.6 Å². The van der Waals surface area contributed by atoms with Crippen LogP contribution in [0.5, 0.6) is 0 Å². The molecular formula is C63H108O5. The SMILES string of the molecule is CC/C=C\C/C=C\C/C=C\C/C=C\C/C=C\CCCC(=O)OC(CO)COC(=O)CCCCCCCCCCCCCCCCCCCCCCCC/C=C\C/C=C\C/C=C\CCCCCCC. The summed E-state index contributed by atoms with van der Waals surface area (Å²) >= 11 is 0. The van der Waals surface area contributed by atoms with Crippen LogP contribution >= 0.6 is 0 Å². The monoisotopic (exact) mass is 945 g/mol. The van der Waals surface area contributed by atoms with E-state index in [0.717, 1.165) is 70.6 Å². The van der Waals surface area contributed by atoms with E-state index >= 15 is 0 Å². The van der Waals surface area contributed by atoms with E-state index < -0.39 is 6.10 Å². The minimum atomic E-state index is -0.806. The Kier molecular flexibility index (Phi) is 55.4. The number of rotatable bonds is 52. The van der Waals surface area contributed by atoms with Crippen molar-refractivity contribution in [2.45, 2.75) is 277 Å². The molecule has 0 aliphatic carbocycles. The predicted octanol–water partition coefficient (Wildman–Crippen LogP) is 19.5. The van der Waals surface area contributed by atoms with Gasteiger partial charge in [-0.25, -0.2) is 0 Å². The van der Waals surface area contributed by atoms with E-state index in [2.05, 4.69) is 111 Å². The highest BCUT2D eigenvalue weighted by Crippen LogP contribution is 2.16. The molecule has 0 saturated heterocycles. The summed E-state index contributed by atoms with van der Waals surface area (Å²) in [5, 5.41) is 9.62. The first-order valence-electron chi connectivity index (χ1n) is 28.8. The lowest BCUT2D eigenvalue weighted by Gasteiger charge is -2.15. The Labute approximate surface area is 421 Å². The van der Waals surface area contributed by atoms with Crippen LogP contribution in [-0.4, -0.2) is 36.4 Å². The van der Waals surface area contributed by atoms with Crippen molar-refractivity contribution in [3.8, 4) is 0 Å². The van der Waals surface area contributed by atoms with Crippen molar-refractivity contribution in [2.75, 3.05) is 13.2 Å². The van der Waals surface area contributed by atoms with Gasteiger partial charge in [-0.3, -0.25) is 9.59 Å². The van der Waals surface area contributed by atoms with Gasteiger partial charge in [0.05, 0.1) is 6.61 Å². The number of esters is 2. The summed E-state index contributed by atoms with van der Waals surface area (Å²) in [5.41, 5.74) is 0. The Morgan fingerprint density at radius 1 is 0.353 bits per heavy atom. The Bertz CT molecular complexity index is 1300. The minimum absolute atomic E-state index is 0.0908. The molecule has 1 N–H and O–H groups in total. The molecule has 0 saturated carbocycles. The summed E-state index contributed by atoms with van der Waals surface area (Å²) in [4.78, 5) is 24.4. The molecule has 0 radical (unpaired) electrons. The number of hydrogen-bond donors (Lipinski definition) is 1. The van der Waals surface area contributed by atoms with Gasteiger partial charge in [-0.05, 0) is 89.9 Å². The summed E-state index contributed by atoms with van der Waals surface area (Å²) in [6.45, 7) is 3.98. The lowest BCUT2D eigenvalue weighted by molar-refractivity contribution is -0.161. The van der Waals surface area contributed by atoms with Gasteiger partial charge >= 0.3 is 11.9 Å². The molecule has 0 fully saturated rings. The zero-order valence-electron chi connectivity index (χ0n) is 44.6. The molecule has 0 aromatic heterocycles. The van der Waals surface area contributed by atoms with Crippen LogP contribution < -0.4 is 0 Å². The third-order valence-corrected chi connectivity index (χ3v) is 12.4. The number of aliphatic hydroxyl groups excluding tert-OH is 1. The molecule has 0 bridgehead atoms. The Balaban J connectivity index is 3.47. The molecule has 0 amide bonds. The number of hydrogen-bond acceptors (Lipinski definition) is 5. The molecule has 1 unspecified atom stereocenters. The highest BCUT2D eigenvalue weighted by Gasteiger charge is 2.16. The summed E-state index contributed by atoms with van der Waals surface area (Å²) in [6, 6.07) is 0. The molecule has 68 heavy (non-hydrogen) atoms. The fourth-order valence-corrected chi connectivity index (χ4v) is 8.07. The molecule has 0 heterocycles. The summed E-state index contributed by atoms with van der Waals surface area (Å²) in [7, 11) is 0. The fourth-order valence-electron chi connectivity index (χ4n) is 8.07. The number of aliphatic hydroxyl groups is 1. The average Bonchev–Trinajstić information content (AvgIpc) is 3.34. The van der Waals surface area contributed by atoms with Crippen molar-refractivity contribution in [1.82, 2.24) is 0 Å². The van der Waals surface area contributed by atoms with Gasteiger partial charge in [-0.2, -0.15) is 0 Å². The summed E-state index contributed by atoms with van der Waals surface area (Å²) < 4.78 is 10.6. The zero-order valence-corrected chi connectivity index (χ0v) is 44.6. The molecule has 0 spiro atoms. The number of carbonyl (C=O) groups is 2. The van der Waals surface area contributed by atoms with Crippen molar-refractivity contribution in [2.24, 2.45) is 0 Å². The number of carbonyl (C=O) groups excluding carboxylic acids is 2. The molecule has 0 aliphatic heterocycles. The first kappa shape index (κ1) is 64.8. The van der Waals surface area contributed by atoms with E-state index in [1.54, 1.807) is 0 Å². The lowest BCUT2D eigenvalue weighted by Crippen LogP contribution is -2.28. The predicted molar refractivity (Wildman–Crippen MR) is 297 cm³/mol. The third-order valence-electron chi connectivity index (χ3n) is 12.4. The quantitative estimate of drug-likeness (QED) is 0.0374. The highest BCUT2D eigenvalue weighted by atomic mass is 16.6. The summed E-state index contributed by atoms with van der Waals surface area (Å²) in [5.74, 6) is -0.656. The molecular weight excluding hydrogens is 837 g/mol. The van der Waals surface area contributed by atoms with Crippen LogP contribution in [0.1, 0.15) is 271 Å². The molecule has 0 aliphatic rings. The Morgan fingerprint density at radius 3 is 1.00 bits per heavy atom. The molecule has 390 valence electrons. The van der Waals surface area contributed by atoms with Crippen molar-refractivity contribution >= 4 is 11.9 Å². The fraction of sp³-hybridized carbons (Fsp3) is 0.714. The Hall–Kier alpha value is -3.18. The second-order valence-electron chi connectivity index (χ2n) is 19.0. The maximum absolute atomic E-state index is 12.2. The molecule has 5 nitrogen and oxygen atoms in total. The van der Waals surface area contributed by atoms with Gasteiger partial charge in [-0.15, -0.1) is 0 Å². The maximum Gasteiger partial charge on any atom is 0.306 e. The standard InChI is InChI=1S/C63H108O5/c1-3-5-7-9-11-13-15-17-19-21-22-23-24-25-26-27-28-29-30-31-32-33-34-35-36-37-38-39-40-42-43-45-47-49-51-53-55-57-62(65)67-60-61(59-64)68-63(66)58-56-54-52-50-48-46-44-41-20-18-16-14-12-10-8-6-4-2/h6,8,12,14-15,17-18,20-22,24-25,44,46,50,52,61,64H,3-5,7,9-11,13,16,19,23,26-43,45,47-49,51,53-60H2,1-2H3/b8-6-,14-12-,17-15-,20-18-,22-21-,25-24-,46-44-,52-50-. The molecule has 0 rings (SSSR count). The highest BCUT2D eigenvalue weighted by molar-refractivity contribution is 5.70. The van der Waals surface area contributed by atoms with E-state index in [1.807, 2.05) is 0 Å². The van der Waals surface area contributed by atoms with E-state index in [-0.39, 0.29) is 31.6 Å². The van der Waals surface area contributed by atoms with Crippen LogP contribution in [0.3, 0.4) is 0 Å². The summed E-state index contributed by atoms with van der Waals surface area (Å²) in [6.07, 6.45) is 82.6. The number of allylic oxidation sites excluding steroid dienone is 16. The van der Waals surface area contributed by atoms with Crippen LogP contribution in [0.2, 0.25) is 0 Å². The van der Waals surface area contributed by atoms with Crippen molar-refractivity contribution in [3.63, 3.8) is 0 Å². The van der Waals surface area contributed by atoms with Crippen LogP contribution in [0, 0.1) is 0 Å². The van der Waals surface area contributed by atoms with Crippen molar-refractivity contribution in [1.29, 1.82) is 0 Å². The Morgan fingerprint density at radius 2 is 0.647 bits per heavy atom. The minimum Gasteiger partial charge on any atom is -0.462 e. The van der Waals surface area contributed by atoms with Gasteiger partial charge in [0, 0.05) is 12.8 Å². The van der Waals surface area contributed by atoms with Gasteiger partial charge in [0.25, 0.3) is 0 Å². The van der Waals surface area contributed by atoms with Crippen LogP contribution in [0.25, 0.3) is 0 Å². The molecule has 0 aromatic rings. The molecule has 5 heteroatoms. The van der Waals surface area contributed by atoms with Gasteiger partial charge in [-0.1, -0.05) is 265 Å². The molecule has 0 aromatic carbocycles. The van der Waals surface area contributed by atoms with E-state index in [9.17, 15) is 14.7 Å². The first-order chi connectivity index (χ1) is 33.6. The van der Waals surface area contributed by atoms with E-state index in [1.165, 1.54) is 167 Å². The van der Waals surface area contributed by atoms with Crippen LogP contribution in [0.4, 0.5) is 0 Å².